The molecular weight excluding hydrogens is 130 g/mol. The van der Waals surface area contributed by atoms with E-state index in [2.05, 4.69) is 0 Å². The van der Waals surface area contributed by atoms with Crippen molar-refractivity contribution >= 4 is 0 Å². The van der Waals surface area contributed by atoms with Crippen molar-refractivity contribution in [2.75, 3.05) is 6.61 Å². The summed E-state index contributed by atoms with van der Waals surface area (Å²) >= 11 is 0. The van der Waals surface area contributed by atoms with Gasteiger partial charge in [0.1, 0.15) is 0 Å². The van der Waals surface area contributed by atoms with Gasteiger partial charge >= 0.3 is 0 Å². The van der Waals surface area contributed by atoms with Crippen molar-refractivity contribution in [2.24, 2.45) is 17.6 Å². The summed E-state index contributed by atoms with van der Waals surface area (Å²) in [6.45, 7) is 2.03. The Labute approximate surface area is 60.9 Å². The minimum atomic E-state index is -0.394. The predicted octanol–water partition coefficient (Wildman–Crippen LogP) is -0.677. The van der Waals surface area contributed by atoms with E-state index in [0.29, 0.717) is 6.42 Å². The standard InChI is InChI=1S/C7H15NO2/c1-4-5(3-9)7(10)2-6(4)8/h4-7,9-10H,2-3,8H2,1H3. The molecule has 1 aliphatic rings. The molecule has 10 heavy (non-hydrogen) atoms. The highest BCUT2D eigenvalue weighted by molar-refractivity contribution is 4.90. The molecule has 3 nitrogen and oxygen atoms in total. The average Bonchev–Trinajstić information content (AvgIpc) is 2.09. The normalized spacial score (nSPS) is 48.0. The topological polar surface area (TPSA) is 66.5 Å². The molecule has 4 unspecified atom stereocenters. The Bertz CT molecular complexity index is 118. The second-order valence-electron chi connectivity index (χ2n) is 3.17. The van der Waals surface area contributed by atoms with E-state index in [1.807, 2.05) is 6.92 Å². The molecule has 1 fully saturated rings. The number of aliphatic hydroxyl groups excluding tert-OH is 2. The van der Waals surface area contributed by atoms with E-state index in [1.165, 1.54) is 0 Å². The third-order valence-corrected chi connectivity index (χ3v) is 2.57. The fourth-order valence-electron chi connectivity index (χ4n) is 1.62. The van der Waals surface area contributed by atoms with E-state index in [0.717, 1.165) is 0 Å². The minimum absolute atomic E-state index is 0.00463. The largest absolute Gasteiger partial charge is 0.396 e. The second kappa shape index (κ2) is 2.86. The van der Waals surface area contributed by atoms with Crippen molar-refractivity contribution in [2.45, 2.75) is 25.5 Å². The summed E-state index contributed by atoms with van der Waals surface area (Å²) in [4.78, 5) is 0. The summed E-state index contributed by atoms with van der Waals surface area (Å²) in [5.74, 6) is 0.245. The van der Waals surface area contributed by atoms with Crippen molar-refractivity contribution in [3.63, 3.8) is 0 Å². The van der Waals surface area contributed by atoms with Gasteiger partial charge < -0.3 is 15.9 Å². The van der Waals surface area contributed by atoms with Crippen LogP contribution in [0.4, 0.5) is 0 Å². The number of aliphatic hydroxyl groups is 2. The summed E-state index contributed by atoms with van der Waals surface area (Å²) in [5.41, 5.74) is 5.66. The molecule has 0 spiro atoms. The highest BCUT2D eigenvalue weighted by Gasteiger charge is 2.36. The zero-order valence-corrected chi connectivity index (χ0v) is 6.20. The number of hydrogen-bond donors (Lipinski definition) is 3. The van der Waals surface area contributed by atoms with Gasteiger partial charge in [-0.25, -0.2) is 0 Å². The lowest BCUT2D eigenvalue weighted by Crippen LogP contribution is -2.26. The van der Waals surface area contributed by atoms with Crippen LogP contribution in [-0.2, 0) is 0 Å². The zero-order valence-electron chi connectivity index (χ0n) is 6.20. The zero-order chi connectivity index (χ0) is 7.72. The number of nitrogens with two attached hydrogens (primary N) is 1. The summed E-state index contributed by atoms with van der Waals surface area (Å²) in [6.07, 6.45) is 0.238. The van der Waals surface area contributed by atoms with Gasteiger partial charge in [0.25, 0.3) is 0 Å². The van der Waals surface area contributed by atoms with Crippen molar-refractivity contribution in [3.8, 4) is 0 Å². The van der Waals surface area contributed by atoms with Gasteiger partial charge in [-0.15, -0.1) is 0 Å². The molecule has 4 N–H and O–H groups in total. The molecule has 0 amide bonds. The monoisotopic (exact) mass is 145 g/mol. The maximum Gasteiger partial charge on any atom is 0.0608 e. The number of hydrogen-bond acceptors (Lipinski definition) is 3. The summed E-state index contributed by atoms with van der Waals surface area (Å²) in [5, 5.41) is 18.1. The van der Waals surface area contributed by atoms with Gasteiger partial charge in [-0.3, -0.25) is 0 Å². The molecule has 1 aliphatic carbocycles. The molecule has 4 atom stereocenters. The van der Waals surface area contributed by atoms with Gasteiger partial charge in [0.2, 0.25) is 0 Å². The molecule has 3 heteroatoms. The van der Waals surface area contributed by atoms with Crippen LogP contribution in [0.2, 0.25) is 0 Å². The third kappa shape index (κ3) is 1.17. The first-order chi connectivity index (χ1) is 4.66. The molecule has 1 rings (SSSR count). The van der Waals surface area contributed by atoms with Crippen LogP contribution in [0.25, 0.3) is 0 Å². The number of rotatable bonds is 1. The maximum atomic E-state index is 9.29. The molecule has 0 radical (unpaired) electrons. The first-order valence-electron chi connectivity index (χ1n) is 3.71. The second-order valence-corrected chi connectivity index (χ2v) is 3.17. The molecular formula is C7H15NO2. The van der Waals surface area contributed by atoms with E-state index in [1.54, 1.807) is 0 Å². The summed E-state index contributed by atoms with van der Waals surface area (Å²) in [6, 6.07) is 0.0622. The quantitative estimate of drug-likeness (QED) is 0.458. The molecule has 0 aliphatic heterocycles. The molecule has 0 heterocycles. The van der Waals surface area contributed by atoms with Crippen LogP contribution in [0.5, 0.6) is 0 Å². The molecule has 0 aromatic carbocycles. The minimum Gasteiger partial charge on any atom is -0.396 e. The van der Waals surface area contributed by atoms with Gasteiger partial charge in [0.05, 0.1) is 6.10 Å². The molecule has 0 saturated heterocycles. The van der Waals surface area contributed by atoms with E-state index in [9.17, 15) is 5.11 Å². The highest BCUT2D eigenvalue weighted by atomic mass is 16.3. The van der Waals surface area contributed by atoms with E-state index < -0.39 is 6.10 Å². The predicted molar refractivity (Wildman–Crippen MR) is 38.3 cm³/mol. The van der Waals surface area contributed by atoms with Gasteiger partial charge in [-0.1, -0.05) is 6.92 Å². The van der Waals surface area contributed by atoms with Crippen LogP contribution in [0.3, 0.4) is 0 Å². The van der Waals surface area contributed by atoms with E-state index in [-0.39, 0.29) is 24.5 Å². The summed E-state index contributed by atoms with van der Waals surface area (Å²) in [7, 11) is 0. The first kappa shape index (κ1) is 7.98. The van der Waals surface area contributed by atoms with E-state index in [4.69, 9.17) is 10.8 Å². The molecule has 60 valence electrons. The maximum absolute atomic E-state index is 9.29. The van der Waals surface area contributed by atoms with Gasteiger partial charge in [-0.05, 0) is 12.3 Å². The Hall–Kier alpha value is -0.120. The Balaban J connectivity index is 2.55. The lowest BCUT2D eigenvalue weighted by Gasteiger charge is -2.16. The van der Waals surface area contributed by atoms with Crippen LogP contribution in [0, 0.1) is 11.8 Å². The van der Waals surface area contributed by atoms with Gasteiger partial charge in [0.15, 0.2) is 0 Å². The molecule has 0 aromatic heterocycles. The first-order valence-corrected chi connectivity index (χ1v) is 3.71. The molecule has 1 saturated carbocycles. The Morgan fingerprint density at radius 1 is 1.60 bits per heavy atom. The van der Waals surface area contributed by atoms with Crippen LogP contribution >= 0.6 is 0 Å². The van der Waals surface area contributed by atoms with Crippen molar-refractivity contribution < 1.29 is 10.2 Å². The van der Waals surface area contributed by atoms with Crippen molar-refractivity contribution in [1.82, 2.24) is 0 Å². The van der Waals surface area contributed by atoms with Gasteiger partial charge in [0, 0.05) is 18.6 Å². The molecule has 0 bridgehead atoms. The van der Waals surface area contributed by atoms with Crippen LogP contribution < -0.4 is 5.73 Å². The highest BCUT2D eigenvalue weighted by Crippen LogP contribution is 2.30. The van der Waals surface area contributed by atoms with Crippen LogP contribution in [0.1, 0.15) is 13.3 Å². The Morgan fingerprint density at radius 3 is 2.40 bits per heavy atom. The molecule has 0 aromatic rings. The van der Waals surface area contributed by atoms with Crippen LogP contribution in [-0.4, -0.2) is 29.0 Å². The SMILES string of the molecule is CC1C(N)CC(O)C1CO. The smallest absolute Gasteiger partial charge is 0.0608 e. The Morgan fingerprint density at radius 2 is 2.20 bits per heavy atom. The third-order valence-electron chi connectivity index (χ3n) is 2.57. The lowest BCUT2D eigenvalue weighted by atomic mass is 9.96. The lowest BCUT2D eigenvalue weighted by molar-refractivity contribution is 0.0754. The fraction of sp³-hybridized carbons (Fsp3) is 1.00. The average molecular weight is 145 g/mol. The Kier molecular flexibility index (Phi) is 2.28. The van der Waals surface area contributed by atoms with E-state index >= 15 is 0 Å². The summed E-state index contributed by atoms with van der Waals surface area (Å²) < 4.78 is 0. The van der Waals surface area contributed by atoms with Crippen molar-refractivity contribution in [3.05, 3.63) is 0 Å². The van der Waals surface area contributed by atoms with Crippen molar-refractivity contribution in [1.29, 1.82) is 0 Å². The van der Waals surface area contributed by atoms with Crippen LogP contribution in [0.15, 0.2) is 0 Å². The fourth-order valence-corrected chi connectivity index (χ4v) is 1.62. The van der Waals surface area contributed by atoms with Gasteiger partial charge in [-0.2, -0.15) is 0 Å².